The van der Waals surface area contributed by atoms with E-state index in [4.69, 9.17) is 17.3 Å². The molecule has 1 aliphatic carbocycles. The zero-order chi connectivity index (χ0) is 10.8. The molecule has 82 valence electrons. The highest BCUT2D eigenvalue weighted by molar-refractivity contribution is 6.30. The smallest absolute Gasteiger partial charge is 0.0406 e. The lowest BCUT2D eigenvalue weighted by Crippen LogP contribution is -2.48. The maximum atomic E-state index is 5.84. The molecule has 0 bridgehead atoms. The highest BCUT2D eigenvalue weighted by atomic mass is 35.5. The second-order valence-corrected chi connectivity index (χ2v) is 4.86. The van der Waals surface area contributed by atoms with Gasteiger partial charge < -0.3 is 5.73 Å². The van der Waals surface area contributed by atoms with Crippen LogP contribution in [0.2, 0.25) is 5.02 Å². The molecule has 0 spiro atoms. The summed E-state index contributed by atoms with van der Waals surface area (Å²) in [6, 6.07) is 9.13. The molecule has 0 atom stereocenters. The molecule has 0 amide bonds. The lowest BCUT2D eigenvalue weighted by Gasteiger charge is -2.39. The van der Waals surface area contributed by atoms with Gasteiger partial charge in [0.25, 0.3) is 0 Å². The Morgan fingerprint density at radius 3 is 2.47 bits per heavy atom. The van der Waals surface area contributed by atoms with Gasteiger partial charge in [-0.05, 0) is 37.6 Å². The van der Waals surface area contributed by atoms with Crippen molar-refractivity contribution >= 4 is 11.6 Å². The largest absolute Gasteiger partial charge is 0.328 e. The van der Waals surface area contributed by atoms with Crippen molar-refractivity contribution in [2.45, 2.75) is 31.5 Å². The Hall–Kier alpha value is -0.570. The third-order valence-corrected chi connectivity index (χ3v) is 3.37. The molecule has 3 heteroatoms. The monoisotopic (exact) mass is 224 g/mol. The van der Waals surface area contributed by atoms with Gasteiger partial charge in [0, 0.05) is 23.7 Å². The van der Waals surface area contributed by atoms with Crippen LogP contribution in [0.1, 0.15) is 18.4 Å². The van der Waals surface area contributed by atoms with E-state index in [0.717, 1.165) is 24.4 Å². The van der Waals surface area contributed by atoms with Crippen LogP contribution in [-0.4, -0.2) is 24.0 Å². The fraction of sp³-hybridized carbons (Fsp3) is 0.500. The van der Waals surface area contributed by atoms with Crippen LogP contribution < -0.4 is 5.73 Å². The van der Waals surface area contributed by atoms with E-state index in [1.165, 1.54) is 5.56 Å². The number of benzene rings is 1. The summed E-state index contributed by atoms with van der Waals surface area (Å²) in [6.07, 6.45) is 2.26. The average molecular weight is 225 g/mol. The van der Waals surface area contributed by atoms with Crippen LogP contribution in [-0.2, 0) is 6.54 Å². The van der Waals surface area contributed by atoms with Gasteiger partial charge in [0.1, 0.15) is 0 Å². The quantitative estimate of drug-likeness (QED) is 0.854. The van der Waals surface area contributed by atoms with Crippen molar-refractivity contribution < 1.29 is 0 Å². The first kappa shape index (κ1) is 10.9. The van der Waals surface area contributed by atoms with Crippen molar-refractivity contribution in [3.8, 4) is 0 Å². The van der Waals surface area contributed by atoms with E-state index in [1.54, 1.807) is 0 Å². The molecule has 0 aromatic heterocycles. The van der Waals surface area contributed by atoms with Crippen molar-refractivity contribution in [3.63, 3.8) is 0 Å². The minimum absolute atomic E-state index is 0.419. The number of hydrogen-bond acceptors (Lipinski definition) is 2. The summed E-state index contributed by atoms with van der Waals surface area (Å²) in [5.74, 6) is 0. The number of nitrogens with zero attached hydrogens (tertiary/aromatic N) is 1. The zero-order valence-electron chi connectivity index (χ0n) is 8.99. The van der Waals surface area contributed by atoms with Gasteiger partial charge >= 0.3 is 0 Å². The highest BCUT2D eigenvalue weighted by Gasteiger charge is 2.28. The van der Waals surface area contributed by atoms with Crippen LogP contribution in [0, 0.1) is 0 Å². The van der Waals surface area contributed by atoms with Crippen molar-refractivity contribution in [1.82, 2.24) is 4.90 Å². The molecule has 2 N–H and O–H groups in total. The first-order valence-electron chi connectivity index (χ1n) is 5.35. The topological polar surface area (TPSA) is 29.3 Å². The standard InChI is InChI=1S/C12H17ClN2/c1-15(12-6-11(14)7-12)8-9-2-4-10(13)5-3-9/h2-5,11-12H,6-8,14H2,1H3. The van der Waals surface area contributed by atoms with Crippen LogP contribution in [0.3, 0.4) is 0 Å². The van der Waals surface area contributed by atoms with Gasteiger partial charge in [0.15, 0.2) is 0 Å². The lowest BCUT2D eigenvalue weighted by molar-refractivity contribution is 0.132. The van der Waals surface area contributed by atoms with Gasteiger partial charge in [-0.15, -0.1) is 0 Å². The molecule has 0 aliphatic heterocycles. The van der Waals surface area contributed by atoms with Crippen LogP contribution in [0.25, 0.3) is 0 Å². The van der Waals surface area contributed by atoms with Crippen molar-refractivity contribution in [1.29, 1.82) is 0 Å². The molecule has 1 saturated carbocycles. The fourth-order valence-corrected chi connectivity index (χ4v) is 2.12. The molecule has 0 radical (unpaired) electrons. The van der Waals surface area contributed by atoms with Crippen molar-refractivity contribution in [2.75, 3.05) is 7.05 Å². The van der Waals surface area contributed by atoms with Gasteiger partial charge in [-0.1, -0.05) is 23.7 Å². The maximum absolute atomic E-state index is 5.84. The summed E-state index contributed by atoms with van der Waals surface area (Å²) in [7, 11) is 2.16. The molecule has 1 aliphatic rings. The van der Waals surface area contributed by atoms with Crippen LogP contribution in [0.15, 0.2) is 24.3 Å². The van der Waals surface area contributed by atoms with E-state index in [9.17, 15) is 0 Å². The van der Waals surface area contributed by atoms with E-state index < -0.39 is 0 Å². The molecule has 1 aromatic carbocycles. The van der Waals surface area contributed by atoms with E-state index in [0.29, 0.717) is 12.1 Å². The molecular formula is C12H17ClN2. The van der Waals surface area contributed by atoms with Gasteiger partial charge in [0.05, 0.1) is 0 Å². The molecule has 1 fully saturated rings. The first-order chi connectivity index (χ1) is 7.15. The average Bonchev–Trinajstić information content (AvgIpc) is 2.17. The Morgan fingerprint density at radius 2 is 1.93 bits per heavy atom. The normalized spacial score (nSPS) is 25.3. The second-order valence-electron chi connectivity index (χ2n) is 4.43. The molecule has 15 heavy (non-hydrogen) atoms. The summed E-state index contributed by atoms with van der Waals surface area (Å²) >= 11 is 5.84. The molecular weight excluding hydrogens is 208 g/mol. The predicted molar refractivity (Wildman–Crippen MR) is 63.9 cm³/mol. The lowest BCUT2D eigenvalue weighted by atomic mass is 9.86. The summed E-state index contributed by atoms with van der Waals surface area (Å²) in [5, 5.41) is 0.798. The van der Waals surface area contributed by atoms with Crippen molar-refractivity contribution in [2.24, 2.45) is 5.73 Å². The summed E-state index contributed by atoms with van der Waals surface area (Å²) in [6.45, 7) is 0.981. The Bertz CT molecular complexity index is 317. The van der Waals surface area contributed by atoms with Crippen LogP contribution in [0.4, 0.5) is 0 Å². The Labute approximate surface area is 96.0 Å². The Balaban J connectivity index is 1.88. The van der Waals surface area contributed by atoms with Crippen LogP contribution >= 0.6 is 11.6 Å². The molecule has 0 heterocycles. The van der Waals surface area contributed by atoms with Crippen molar-refractivity contribution in [3.05, 3.63) is 34.9 Å². The summed E-state index contributed by atoms with van der Waals surface area (Å²) < 4.78 is 0. The molecule has 0 unspecified atom stereocenters. The van der Waals surface area contributed by atoms with Crippen LogP contribution in [0.5, 0.6) is 0 Å². The molecule has 1 aromatic rings. The zero-order valence-corrected chi connectivity index (χ0v) is 9.74. The highest BCUT2D eigenvalue weighted by Crippen LogP contribution is 2.24. The van der Waals surface area contributed by atoms with Gasteiger partial charge in [-0.3, -0.25) is 4.90 Å². The summed E-state index contributed by atoms with van der Waals surface area (Å²) in [4.78, 5) is 2.37. The molecule has 2 nitrogen and oxygen atoms in total. The van der Waals surface area contributed by atoms with E-state index in [2.05, 4.69) is 24.1 Å². The van der Waals surface area contributed by atoms with E-state index >= 15 is 0 Å². The number of rotatable bonds is 3. The number of nitrogens with two attached hydrogens (primary N) is 1. The first-order valence-corrected chi connectivity index (χ1v) is 5.73. The maximum Gasteiger partial charge on any atom is 0.0406 e. The fourth-order valence-electron chi connectivity index (χ4n) is 2.00. The number of hydrogen-bond donors (Lipinski definition) is 1. The van der Waals surface area contributed by atoms with E-state index in [-0.39, 0.29) is 0 Å². The number of halogens is 1. The Morgan fingerprint density at radius 1 is 1.33 bits per heavy atom. The predicted octanol–water partition coefficient (Wildman–Crippen LogP) is 2.26. The van der Waals surface area contributed by atoms with Gasteiger partial charge in [0.2, 0.25) is 0 Å². The van der Waals surface area contributed by atoms with Gasteiger partial charge in [-0.2, -0.15) is 0 Å². The minimum atomic E-state index is 0.419. The van der Waals surface area contributed by atoms with Gasteiger partial charge in [-0.25, -0.2) is 0 Å². The SMILES string of the molecule is CN(Cc1ccc(Cl)cc1)C1CC(N)C1. The Kier molecular flexibility index (Phi) is 3.29. The third kappa shape index (κ3) is 2.71. The second kappa shape index (κ2) is 4.52. The molecule has 0 saturated heterocycles. The summed E-state index contributed by atoms with van der Waals surface area (Å²) in [5.41, 5.74) is 7.08. The third-order valence-electron chi connectivity index (χ3n) is 3.12. The van der Waals surface area contributed by atoms with E-state index in [1.807, 2.05) is 12.1 Å². The molecule has 2 rings (SSSR count). The minimum Gasteiger partial charge on any atom is -0.328 e.